The molecule has 5 rings (SSSR count). The lowest BCUT2D eigenvalue weighted by atomic mass is 10.0. The van der Waals surface area contributed by atoms with E-state index in [0.717, 1.165) is 47.1 Å². The van der Waals surface area contributed by atoms with Gasteiger partial charge in [0.25, 0.3) is 0 Å². The third-order valence-electron chi connectivity index (χ3n) is 6.65. The third kappa shape index (κ3) is 5.28. The lowest BCUT2D eigenvalue weighted by Crippen LogP contribution is -2.48. The Labute approximate surface area is 215 Å². The predicted octanol–water partition coefficient (Wildman–Crippen LogP) is 3.76. The number of hydrogen-bond acceptors (Lipinski definition) is 9. The second kappa shape index (κ2) is 11.0. The minimum Gasteiger partial charge on any atom is -0.490 e. The number of hydrogen-bond donors (Lipinski definition) is 2. The Balaban J connectivity index is 1.32. The first kappa shape index (κ1) is 24.8. The molecule has 0 saturated carbocycles. The first-order valence-electron chi connectivity index (χ1n) is 12.4. The van der Waals surface area contributed by atoms with Crippen molar-refractivity contribution in [2.45, 2.75) is 45.1 Å². The Hall–Kier alpha value is -2.87. The minimum atomic E-state index is -0.512. The summed E-state index contributed by atoms with van der Waals surface area (Å²) in [5, 5.41) is 34.3. The van der Waals surface area contributed by atoms with Crippen LogP contribution in [0.25, 0.3) is 21.1 Å². The maximum absolute atomic E-state index is 10.6. The Bertz CT molecular complexity index is 1250. The first-order valence-corrected chi connectivity index (χ1v) is 13.2. The van der Waals surface area contributed by atoms with E-state index in [2.05, 4.69) is 44.7 Å². The van der Waals surface area contributed by atoms with Crippen molar-refractivity contribution in [3.05, 3.63) is 53.1 Å². The molecule has 2 heterocycles. The van der Waals surface area contributed by atoms with Crippen LogP contribution >= 0.6 is 11.3 Å². The summed E-state index contributed by atoms with van der Waals surface area (Å²) in [5.41, 5.74) is 5.01. The highest BCUT2D eigenvalue weighted by atomic mass is 32.1. The van der Waals surface area contributed by atoms with Crippen LogP contribution in [0.2, 0.25) is 0 Å². The number of aliphatic hydroxyl groups is 1. The lowest BCUT2D eigenvalue weighted by molar-refractivity contribution is -0.0577. The van der Waals surface area contributed by atoms with Gasteiger partial charge >= 0.3 is 0 Å². The van der Waals surface area contributed by atoms with E-state index >= 15 is 0 Å². The van der Waals surface area contributed by atoms with Crippen molar-refractivity contribution in [1.82, 2.24) is 20.4 Å². The number of ether oxygens (including phenoxy) is 2. The summed E-state index contributed by atoms with van der Waals surface area (Å²) in [6.45, 7) is 7.27. The van der Waals surface area contributed by atoms with Crippen LogP contribution in [-0.4, -0.2) is 65.4 Å². The van der Waals surface area contributed by atoms with Crippen molar-refractivity contribution >= 4 is 11.3 Å². The summed E-state index contributed by atoms with van der Waals surface area (Å²) in [6.07, 6.45) is 1.42. The van der Waals surface area contributed by atoms with Gasteiger partial charge in [0.2, 0.25) is 0 Å². The standard InChI is InChI=1S/C27H31N5O3S/c1-17(2)35-24-9-6-18(14-19(24)15-28)26-30-31-27(36-26)22-5-3-4-21-20(22)7-8-23(21)29-16-25(33)32-10-12-34-13-11-32/h3-6,9,14,17,23,25,29,33H,7-8,10-13,16H2,1-2H3/t23-,25?/m0/s1. The van der Waals surface area contributed by atoms with E-state index in [4.69, 9.17) is 9.47 Å². The molecule has 1 aliphatic carbocycles. The van der Waals surface area contributed by atoms with E-state index in [-0.39, 0.29) is 12.1 Å². The fraction of sp³-hybridized carbons (Fsp3) is 0.444. The van der Waals surface area contributed by atoms with Crippen molar-refractivity contribution in [3.63, 3.8) is 0 Å². The number of rotatable bonds is 8. The van der Waals surface area contributed by atoms with Crippen molar-refractivity contribution in [2.75, 3.05) is 32.8 Å². The quantitative estimate of drug-likeness (QED) is 0.477. The minimum absolute atomic E-state index is 0.00259. The molecule has 1 aromatic heterocycles. The molecule has 2 aliphatic rings. The summed E-state index contributed by atoms with van der Waals surface area (Å²) in [7, 11) is 0. The van der Waals surface area contributed by atoms with Gasteiger partial charge in [-0.25, -0.2) is 0 Å². The Morgan fingerprint density at radius 3 is 2.81 bits per heavy atom. The van der Waals surface area contributed by atoms with Crippen molar-refractivity contribution in [3.8, 4) is 33.0 Å². The van der Waals surface area contributed by atoms with Gasteiger partial charge in [-0.05, 0) is 56.0 Å². The van der Waals surface area contributed by atoms with E-state index in [0.29, 0.717) is 31.1 Å². The number of aliphatic hydroxyl groups excluding tert-OH is 1. The molecular formula is C27H31N5O3S. The Morgan fingerprint density at radius 1 is 1.22 bits per heavy atom. The normalized spacial score (nSPS) is 18.7. The maximum atomic E-state index is 10.6. The van der Waals surface area contributed by atoms with Gasteiger partial charge in [-0.3, -0.25) is 4.90 Å². The van der Waals surface area contributed by atoms with Crippen molar-refractivity contribution in [2.24, 2.45) is 0 Å². The topological polar surface area (TPSA) is 104 Å². The zero-order valence-electron chi connectivity index (χ0n) is 20.6. The molecule has 3 aromatic rings. The molecule has 2 atom stereocenters. The molecule has 2 aromatic carbocycles. The molecule has 8 nitrogen and oxygen atoms in total. The predicted molar refractivity (Wildman–Crippen MR) is 139 cm³/mol. The maximum Gasteiger partial charge on any atom is 0.148 e. The van der Waals surface area contributed by atoms with Crippen LogP contribution in [0.5, 0.6) is 5.75 Å². The molecule has 1 fully saturated rings. The summed E-state index contributed by atoms with van der Waals surface area (Å²) in [5.74, 6) is 0.583. The molecule has 0 radical (unpaired) electrons. The zero-order valence-corrected chi connectivity index (χ0v) is 21.4. The van der Waals surface area contributed by atoms with Gasteiger partial charge in [-0.2, -0.15) is 5.26 Å². The third-order valence-corrected chi connectivity index (χ3v) is 7.66. The molecule has 36 heavy (non-hydrogen) atoms. The Kier molecular flexibility index (Phi) is 7.60. The SMILES string of the molecule is CC(C)Oc1ccc(-c2nnc(-c3cccc4c3CC[C@@H]4NCC(O)N3CCOCC3)s2)cc1C#N. The lowest BCUT2D eigenvalue weighted by Gasteiger charge is -2.32. The van der Waals surface area contributed by atoms with Gasteiger partial charge in [0.05, 0.1) is 24.9 Å². The van der Waals surface area contributed by atoms with Crippen LogP contribution in [0.3, 0.4) is 0 Å². The monoisotopic (exact) mass is 505 g/mol. The van der Waals surface area contributed by atoms with Crippen LogP contribution in [0.4, 0.5) is 0 Å². The van der Waals surface area contributed by atoms with Gasteiger partial charge in [-0.1, -0.05) is 29.5 Å². The zero-order chi connectivity index (χ0) is 25.1. The largest absolute Gasteiger partial charge is 0.490 e. The van der Waals surface area contributed by atoms with Crippen molar-refractivity contribution < 1.29 is 14.6 Å². The number of nitriles is 1. The number of morpholine rings is 1. The number of benzene rings is 2. The fourth-order valence-electron chi connectivity index (χ4n) is 4.87. The highest BCUT2D eigenvalue weighted by Crippen LogP contribution is 2.40. The first-order chi connectivity index (χ1) is 17.5. The summed E-state index contributed by atoms with van der Waals surface area (Å²) >= 11 is 1.53. The molecule has 9 heteroatoms. The smallest absolute Gasteiger partial charge is 0.148 e. The summed E-state index contributed by atoms with van der Waals surface area (Å²) < 4.78 is 11.1. The fourth-order valence-corrected chi connectivity index (χ4v) is 5.77. The van der Waals surface area contributed by atoms with E-state index in [9.17, 15) is 10.4 Å². The second-order valence-electron chi connectivity index (χ2n) is 9.40. The molecule has 2 N–H and O–H groups in total. The second-order valence-corrected chi connectivity index (χ2v) is 10.4. The van der Waals surface area contributed by atoms with Crippen LogP contribution in [-0.2, 0) is 11.2 Å². The van der Waals surface area contributed by atoms with Crippen LogP contribution in [0.15, 0.2) is 36.4 Å². The van der Waals surface area contributed by atoms with E-state index in [1.807, 2.05) is 32.0 Å². The van der Waals surface area contributed by atoms with Crippen LogP contribution in [0, 0.1) is 11.3 Å². The van der Waals surface area contributed by atoms with Crippen LogP contribution in [0.1, 0.15) is 43.0 Å². The number of aromatic nitrogens is 2. The van der Waals surface area contributed by atoms with Gasteiger partial charge in [-0.15, -0.1) is 10.2 Å². The molecule has 0 spiro atoms. The molecule has 1 aliphatic heterocycles. The summed E-state index contributed by atoms with van der Waals surface area (Å²) in [6, 6.07) is 14.3. The van der Waals surface area contributed by atoms with Crippen LogP contribution < -0.4 is 10.1 Å². The van der Waals surface area contributed by atoms with E-state index < -0.39 is 6.23 Å². The molecule has 1 unspecified atom stereocenters. The van der Waals surface area contributed by atoms with Gasteiger partial charge in [0.1, 0.15) is 28.1 Å². The van der Waals surface area contributed by atoms with Gasteiger partial charge in [0, 0.05) is 36.8 Å². The number of nitrogens with zero attached hydrogens (tertiary/aromatic N) is 4. The molecule has 0 bridgehead atoms. The molecule has 0 amide bonds. The van der Waals surface area contributed by atoms with Gasteiger partial charge in [0.15, 0.2) is 0 Å². The molecule has 1 saturated heterocycles. The van der Waals surface area contributed by atoms with E-state index in [1.165, 1.54) is 22.5 Å². The van der Waals surface area contributed by atoms with Crippen molar-refractivity contribution in [1.29, 1.82) is 5.26 Å². The molecular weight excluding hydrogens is 474 g/mol. The average molecular weight is 506 g/mol. The average Bonchev–Trinajstić information content (AvgIpc) is 3.55. The highest BCUT2D eigenvalue weighted by molar-refractivity contribution is 7.17. The summed E-state index contributed by atoms with van der Waals surface area (Å²) in [4.78, 5) is 2.06. The molecule has 188 valence electrons. The number of nitrogens with one attached hydrogen (secondary N) is 1. The van der Waals surface area contributed by atoms with Gasteiger partial charge < -0.3 is 19.9 Å². The van der Waals surface area contributed by atoms with E-state index in [1.54, 1.807) is 0 Å². The number of fused-ring (bicyclic) bond motifs is 1. The highest BCUT2D eigenvalue weighted by Gasteiger charge is 2.27. The Morgan fingerprint density at radius 2 is 2.03 bits per heavy atom.